The summed E-state index contributed by atoms with van der Waals surface area (Å²) in [7, 11) is 0. The van der Waals surface area contributed by atoms with E-state index in [4.69, 9.17) is 10.4 Å². The van der Waals surface area contributed by atoms with Gasteiger partial charge in [-0.3, -0.25) is 4.79 Å². The van der Waals surface area contributed by atoms with E-state index in [0.717, 1.165) is 21.4 Å². The SMILES string of the molecule is N#Cc1cccc(C(=O)Nc2cc(-c3ccccc3)nn2-c2ccc(Br)cc2)c1. The zero-order valence-electron chi connectivity index (χ0n) is 15.2. The van der Waals surface area contributed by atoms with Crippen molar-refractivity contribution in [2.24, 2.45) is 0 Å². The molecule has 6 heteroatoms. The number of amides is 1. The maximum atomic E-state index is 12.8. The first-order chi connectivity index (χ1) is 14.1. The van der Waals surface area contributed by atoms with Crippen LogP contribution in [0, 0.1) is 11.3 Å². The molecule has 0 bridgehead atoms. The van der Waals surface area contributed by atoms with E-state index in [-0.39, 0.29) is 5.91 Å². The van der Waals surface area contributed by atoms with Crippen molar-refractivity contribution in [1.29, 1.82) is 5.26 Å². The summed E-state index contributed by atoms with van der Waals surface area (Å²) in [6, 6.07) is 27.9. The summed E-state index contributed by atoms with van der Waals surface area (Å²) in [6.07, 6.45) is 0. The zero-order chi connectivity index (χ0) is 20.2. The fourth-order valence-electron chi connectivity index (χ4n) is 2.92. The van der Waals surface area contributed by atoms with Gasteiger partial charge in [-0.25, -0.2) is 4.68 Å². The average molecular weight is 443 g/mol. The number of halogens is 1. The van der Waals surface area contributed by atoms with Crippen LogP contribution in [-0.4, -0.2) is 15.7 Å². The minimum atomic E-state index is -0.306. The van der Waals surface area contributed by atoms with Crippen molar-refractivity contribution in [3.63, 3.8) is 0 Å². The molecule has 0 unspecified atom stereocenters. The summed E-state index contributed by atoms with van der Waals surface area (Å²) in [5.74, 6) is 0.235. The predicted molar refractivity (Wildman–Crippen MR) is 116 cm³/mol. The molecule has 4 rings (SSSR count). The van der Waals surface area contributed by atoms with E-state index in [2.05, 4.69) is 27.3 Å². The third-order valence-corrected chi connectivity index (χ3v) is 4.87. The number of anilines is 1. The van der Waals surface area contributed by atoms with Gasteiger partial charge in [-0.15, -0.1) is 0 Å². The van der Waals surface area contributed by atoms with E-state index in [0.29, 0.717) is 16.9 Å². The number of hydrogen-bond acceptors (Lipinski definition) is 3. The monoisotopic (exact) mass is 442 g/mol. The summed E-state index contributed by atoms with van der Waals surface area (Å²) in [5.41, 5.74) is 3.36. The molecule has 0 fully saturated rings. The predicted octanol–water partition coefficient (Wildman–Crippen LogP) is 5.43. The summed E-state index contributed by atoms with van der Waals surface area (Å²) < 4.78 is 2.65. The van der Waals surface area contributed by atoms with Crippen LogP contribution < -0.4 is 5.32 Å². The molecule has 0 saturated heterocycles. The number of carbonyl (C=O) groups excluding carboxylic acids is 1. The highest BCUT2D eigenvalue weighted by Gasteiger charge is 2.15. The van der Waals surface area contributed by atoms with Crippen LogP contribution in [0.25, 0.3) is 16.9 Å². The van der Waals surface area contributed by atoms with Gasteiger partial charge in [0.25, 0.3) is 5.91 Å². The molecular weight excluding hydrogens is 428 g/mol. The molecule has 0 aliphatic rings. The Hall–Kier alpha value is -3.69. The largest absolute Gasteiger partial charge is 0.306 e. The molecular formula is C23H15BrN4O. The van der Waals surface area contributed by atoms with Crippen LogP contribution in [0.1, 0.15) is 15.9 Å². The van der Waals surface area contributed by atoms with Gasteiger partial charge in [0.2, 0.25) is 0 Å². The molecule has 1 aromatic heterocycles. The second-order valence-electron chi connectivity index (χ2n) is 6.32. The van der Waals surface area contributed by atoms with Gasteiger partial charge in [0.15, 0.2) is 0 Å². The summed E-state index contributed by atoms with van der Waals surface area (Å²) in [4.78, 5) is 12.8. The molecule has 0 radical (unpaired) electrons. The second-order valence-corrected chi connectivity index (χ2v) is 7.23. The molecule has 0 saturated carbocycles. The van der Waals surface area contributed by atoms with E-state index in [1.54, 1.807) is 28.9 Å². The lowest BCUT2D eigenvalue weighted by molar-refractivity contribution is 0.102. The first-order valence-electron chi connectivity index (χ1n) is 8.87. The highest BCUT2D eigenvalue weighted by Crippen LogP contribution is 2.26. The minimum absolute atomic E-state index is 0.306. The van der Waals surface area contributed by atoms with Crippen molar-refractivity contribution in [3.8, 4) is 23.0 Å². The van der Waals surface area contributed by atoms with Crippen LogP contribution in [0.3, 0.4) is 0 Å². The molecule has 0 aliphatic carbocycles. The maximum absolute atomic E-state index is 12.8. The maximum Gasteiger partial charge on any atom is 0.256 e. The molecule has 140 valence electrons. The topological polar surface area (TPSA) is 70.7 Å². The van der Waals surface area contributed by atoms with E-state index in [9.17, 15) is 4.79 Å². The van der Waals surface area contributed by atoms with Gasteiger partial charge < -0.3 is 5.32 Å². The van der Waals surface area contributed by atoms with Crippen molar-refractivity contribution in [1.82, 2.24) is 9.78 Å². The van der Waals surface area contributed by atoms with Crippen LogP contribution >= 0.6 is 15.9 Å². The lowest BCUT2D eigenvalue weighted by Gasteiger charge is -2.09. The molecule has 3 aromatic carbocycles. The third kappa shape index (κ3) is 4.10. The fourth-order valence-corrected chi connectivity index (χ4v) is 3.18. The van der Waals surface area contributed by atoms with Crippen molar-refractivity contribution < 1.29 is 4.79 Å². The lowest BCUT2D eigenvalue weighted by atomic mass is 10.1. The Kier molecular flexibility index (Phi) is 5.23. The number of rotatable bonds is 4. The number of nitrogens with zero attached hydrogens (tertiary/aromatic N) is 3. The van der Waals surface area contributed by atoms with Gasteiger partial charge in [-0.2, -0.15) is 10.4 Å². The lowest BCUT2D eigenvalue weighted by Crippen LogP contribution is -2.15. The summed E-state index contributed by atoms with van der Waals surface area (Å²) >= 11 is 3.44. The summed E-state index contributed by atoms with van der Waals surface area (Å²) in [5, 5.41) is 16.7. The van der Waals surface area contributed by atoms with Crippen molar-refractivity contribution in [2.75, 3.05) is 5.32 Å². The van der Waals surface area contributed by atoms with Gasteiger partial charge in [-0.1, -0.05) is 52.3 Å². The van der Waals surface area contributed by atoms with Crippen molar-refractivity contribution in [2.45, 2.75) is 0 Å². The Labute approximate surface area is 176 Å². The Bertz CT molecular complexity index is 1210. The molecule has 1 heterocycles. The fraction of sp³-hybridized carbons (Fsp3) is 0. The van der Waals surface area contributed by atoms with Crippen molar-refractivity contribution >= 4 is 27.7 Å². The standard InChI is InChI=1S/C23H15BrN4O/c24-19-9-11-20(12-10-19)28-22(14-21(27-28)17-6-2-1-3-7-17)26-23(29)18-8-4-5-16(13-18)15-25/h1-14H,(H,26,29). The Balaban J connectivity index is 1.74. The average Bonchev–Trinajstić information content (AvgIpc) is 3.18. The number of aromatic nitrogens is 2. The van der Waals surface area contributed by atoms with Gasteiger partial charge >= 0.3 is 0 Å². The molecule has 0 aliphatic heterocycles. The van der Waals surface area contributed by atoms with Crippen LogP contribution in [0.2, 0.25) is 0 Å². The van der Waals surface area contributed by atoms with Crippen molar-refractivity contribution in [3.05, 3.63) is 101 Å². The van der Waals surface area contributed by atoms with E-state index >= 15 is 0 Å². The van der Waals surface area contributed by atoms with E-state index < -0.39 is 0 Å². The first kappa shape index (κ1) is 18.7. The number of nitriles is 1. The Morgan fingerprint density at radius 2 is 1.72 bits per heavy atom. The van der Waals surface area contributed by atoms with E-state index in [1.165, 1.54) is 0 Å². The smallest absolute Gasteiger partial charge is 0.256 e. The first-order valence-corrected chi connectivity index (χ1v) is 9.66. The quantitative estimate of drug-likeness (QED) is 0.458. The van der Waals surface area contributed by atoms with Crippen LogP contribution in [-0.2, 0) is 0 Å². The Morgan fingerprint density at radius 3 is 2.45 bits per heavy atom. The molecule has 29 heavy (non-hydrogen) atoms. The summed E-state index contributed by atoms with van der Waals surface area (Å²) in [6.45, 7) is 0. The molecule has 0 spiro atoms. The second kappa shape index (κ2) is 8.13. The third-order valence-electron chi connectivity index (χ3n) is 4.35. The van der Waals surface area contributed by atoms with Gasteiger partial charge in [0, 0.05) is 21.7 Å². The number of hydrogen-bond donors (Lipinski definition) is 1. The van der Waals surface area contributed by atoms with Gasteiger partial charge in [0.1, 0.15) is 5.82 Å². The molecule has 0 atom stereocenters. The number of carbonyl (C=O) groups is 1. The van der Waals surface area contributed by atoms with Gasteiger partial charge in [-0.05, 0) is 42.5 Å². The van der Waals surface area contributed by atoms with Crippen LogP contribution in [0.15, 0.2) is 89.4 Å². The van der Waals surface area contributed by atoms with Gasteiger partial charge in [0.05, 0.1) is 23.0 Å². The molecule has 1 N–H and O–H groups in total. The number of nitrogens with one attached hydrogen (secondary N) is 1. The van der Waals surface area contributed by atoms with Crippen LogP contribution in [0.4, 0.5) is 5.82 Å². The molecule has 5 nitrogen and oxygen atoms in total. The Morgan fingerprint density at radius 1 is 0.966 bits per heavy atom. The number of benzene rings is 3. The van der Waals surface area contributed by atoms with E-state index in [1.807, 2.05) is 60.7 Å². The minimum Gasteiger partial charge on any atom is -0.306 e. The normalized spacial score (nSPS) is 10.3. The molecule has 1 amide bonds. The van der Waals surface area contributed by atoms with Crippen LogP contribution in [0.5, 0.6) is 0 Å². The zero-order valence-corrected chi connectivity index (χ0v) is 16.8. The highest BCUT2D eigenvalue weighted by molar-refractivity contribution is 9.10. The highest BCUT2D eigenvalue weighted by atomic mass is 79.9. The molecule has 4 aromatic rings.